The maximum absolute atomic E-state index is 10.9. The Morgan fingerprint density at radius 2 is 2.14 bits per heavy atom. The molecule has 1 aliphatic rings. The van der Waals surface area contributed by atoms with E-state index in [0.29, 0.717) is 0 Å². The molecule has 0 unspecified atom stereocenters. The first-order valence-electron chi connectivity index (χ1n) is 4.10. The van der Waals surface area contributed by atoms with Crippen molar-refractivity contribution in [2.45, 2.75) is 18.1 Å². The largest absolute Gasteiger partial charge is 0.465 e. The van der Waals surface area contributed by atoms with Gasteiger partial charge in [0.15, 0.2) is 5.12 Å². The van der Waals surface area contributed by atoms with Crippen molar-refractivity contribution >= 4 is 29.3 Å². The zero-order valence-corrected chi connectivity index (χ0v) is 8.54. The molecule has 0 aliphatic carbocycles. The summed E-state index contributed by atoms with van der Waals surface area (Å²) < 4.78 is -0.508. The van der Waals surface area contributed by atoms with Crippen LogP contribution in [0.5, 0.6) is 0 Å². The number of hydrogen-bond donors (Lipinski definition) is 1. The van der Waals surface area contributed by atoms with Crippen LogP contribution in [0, 0.1) is 0 Å². The Morgan fingerprint density at radius 3 is 2.50 bits per heavy atom. The summed E-state index contributed by atoms with van der Waals surface area (Å²) in [6.07, 6.45) is -0.0495. The van der Waals surface area contributed by atoms with Gasteiger partial charge in [0.1, 0.15) is 6.29 Å². The zero-order chi connectivity index (χ0) is 10.8. The van der Waals surface area contributed by atoms with E-state index in [9.17, 15) is 14.4 Å². The number of carboxylic acid groups (broad SMARTS) is 1. The van der Waals surface area contributed by atoms with E-state index in [1.54, 1.807) is 0 Å². The first kappa shape index (κ1) is 11.0. The topological polar surface area (TPSA) is 74.7 Å². The van der Waals surface area contributed by atoms with Crippen LogP contribution < -0.4 is 0 Å². The van der Waals surface area contributed by atoms with Gasteiger partial charge in [-0.15, -0.1) is 0 Å². The van der Waals surface area contributed by atoms with E-state index >= 15 is 0 Å². The van der Waals surface area contributed by atoms with Crippen molar-refractivity contribution in [2.24, 2.45) is 0 Å². The van der Waals surface area contributed by atoms with E-state index < -0.39 is 10.8 Å². The number of likely N-dealkylation sites (tertiary alicyclic amines) is 1. The number of aldehydes is 1. The lowest BCUT2D eigenvalue weighted by Gasteiger charge is -2.46. The van der Waals surface area contributed by atoms with E-state index in [-0.39, 0.29) is 24.6 Å². The Hall–Kier alpha value is -1.04. The second-order valence-corrected chi connectivity index (χ2v) is 4.93. The van der Waals surface area contributed by atoms with Crippen molar-refractivity contribution in [1.29, 1.82) is 0 Å². The van der Waals surface area contributed by atoms with Gasteiger partial charge in [-0.25, -0.2) is 4.79 Å². The van der Waals surface area contributed by atoms with Gasteiger partial charge in [-0.2, -0.15) is 0 Å². The minimum Gasteiger partial charge on any atom is -0.465 e. The molecule has 1 rings (SSSR count). The second kappa shape index (κ2) is 4.00. The highest BCUT2D eigenvalue weighted by molar-refractivity contribution is 8.14. The van der Waals surface area contributed by atoms with Crippen LogP contribution >= 0.6 is 11.8 Å². The summed E-state index contributed by atoms with van der Waals surface area (Å²) in [5, 5.41) is 8.53. The van der Waals surface area contributed by atoms with Gasteiger partial charge >= 0.3 is 6.09 Å². The predicted octanol–water partition coefficient (Wildman–Crippen LogP) is 0.588. The van der Waals surface area contributed by atoms with Gasteiger partial charge in [-0.05, 0) is 0 Å². The molecule has 0 atom stereocenters. The van der Waals surface area contributed by atoms with Crippen molar-refractivity contribution in [2.75, 3.05) is 13.1 Å². The molecule has 0 radical (unpaired) electrons. The molecule has 1 heterocycles. The predicted molar refractivity (Wildman–Crippen MR) is 51.3 cm³/mol. The molecular formula is C8H11NO4S. The number of hydrogen-bond acceptors (Lipinski definition) is 4. The monoisotopic (exact) mass is 217 g/mol. The molecule has 0 aromatic rings. The molecule has 1 N–H and O–H groups in total. The Labute approximate surface area is 85.4 Å². The summed E-state index contributed by atoms with van der Waals surface area (Å²) in [6.45, 7) is 1.93. The van der Waals surface area contributed by atoms with Gasteiger partial charge in [-0.1, -0.05) is 11.8 Å². The third kappa shape index (κ3) is 2.25. The van der Waals surface area contributed by atoms with E-state index in [4.69, 9.17) is 5.11 Å². The Balaban J connectivity index is 2.56. The van der Waals surface area contributed by atoms with Crippen LogP contribution in [0.1, 0.15) is 13.3 Å². The first-order valence-corrected chi connectivity index (χ1v) is 4.92. The molecule has 0 aromatic heterocycles. The lowest BCUT2D eigenvalue weighted by Crippen LogP contribution is -2.61. The fourth-order valence-corrected chi connectivity index (χ4v) is 2.68. The normalized spacial score (nSPS) is 18.5. The van der Waals surface area contributed by atoms with Crippen LogP contribution in [-0.2, 0) is 9.59 Å². The van der Waals surface area contributed by atoms with Gasteiger partial charge in [0.05, 0.1) is 4.75 Å². The average molecular weight is 217 g/mol. The molecule has 14 heavy (non-hydrogen) atoms. The lowest BCUT2D eigenvalue weighted by molar-refractivity contribution is -0.109. The van der Waals surface area contributed by atoms with Crippen LogP contribution in [0.15, 0.2) is 0 Å². The molecule has 1 fully saturated rings. The van der Waals surface area contributed by atoms with Gasteiger partial charge in [0, 0.05) is 26.4 Å². The highest BCUT2D eigenvalue weighted by atomic mass is 32.2. The molecule has 0 bridgehead atoms. The van der Waals surface area contributed by atoms with Crippen LogP contribution in [-0.4, -0.2) is 45.3 Å². The zero-order valence-electron chi connectivity index (χ0n) is 7.73. The maximum atomic E-state index is 10.9. The molecule has 1 amide bonds. The minimum atomic E-state index is -1.00. The lowest BCUT2D eigenvalue weighted by atomic mass is 9.96. The van der Waals surface area contributed by atoms with Crippen molar-refractivity contribution in [1.82, 2.24) is 4.90 Å². The van der Waals surface area contributed by atoms with Crippen LogP contribution in [0.25, 0.3) is 0 Å². The third-order valence-electron chi connectivity index (χ3n) is 2.04. The van der Waals surface area contributed by atoms with Gasteiger partial charge in [-0.3, -0.25) is 4.79 Å². The summed E-state index contributed by atoms with van der Waals surface area (Å²) in [4.78, 5) is 33.0. The Kier molecular flexibility index (Phi) is 3.15. The molecule has 6 heteroatoms. The second-order valence-electron chi connectivity index (χ2n) is 3.29. The number of rotatable bonds is 3. The van der Waals surface area contributed by atoms with E-state index in [0.717, 1.165) is 18.0 Å². The number of carbonyl (C=O) groups excluding carboxylic acids is 2. The summed E-state index contributed by atoms with van der Waals surface area (Å²) in [5.41, 5.74) is 0. The molecular weight excluding hydrogens is 206 g/mol. The molecule has 78 valence electrons. The van der Waals surface area contributed by atoms with E-state index in [1.807, 2.05) is 0 Å². The maximum Gasteiger partial charge on any atom is 0.407 e. The van der Waals surface area contributed by atoms with Gasteiger partial charge < -0.3 is 14.8 Å². The summed E-state index contributed by atoms with van der Waals surface area (Å²) in [6, 6.07) is 0. The standard InChI is InChI=1S/C8H11NO4S/c1-6(11)14-8(2-3-10)4-9(5-8)7(12)13/h3H,2,4-5H2,1H3,(H,12,13). The average Bonchev–Trinajstić information content (AvgIpc) is 1.97. The Bertz CT molecular complexity index is 273. The van der Waals surface area contributed by atoms with Crippen molar-refractivity contribution in [3.05, 3.63) is 0 Å². The van der Waals surface area contributed by atoms with E-state index in [2.05, 4.69) is 0 Å². The van der Waals surface area contributed by atoms with Gasteiger partial charge in [0.25, 0.3) is 0 Å². The molecule has 1 saturated heterocycles. The van der Waals surface area contributed by atoms with Gasteiger partial charge in [0.2, 0.25) is 0 Å². The summed E-state index contributed by atoms with van der Waals surface area (Å²) >= 11 is 1.06. The smallest absolute Gasteiger partial charge is 0.407 e. The summed E-state index contributed by atoms with van der Waals surface area (Å²) in [7, 11) is 0. The number of nitrogens with zero attached hydrogens (tertiary/aromatic N) is 1. The number of carbonyl (C=O) groups is 3. The van der Waals surface area contributed by atoms with Crippen molar-refractivity contribution in [3.63, 3.8) is 0 Å². The number of amides is 1. The van der Waals surface area contributed by atoms with Crippen molar-refractivity contribution in [3.8, 4) is 0 Å². The van der Waals surface area contributed by atoms with Crippen LogP contribution in [0.2, 0.25) is 0 Å². The fourth-order valence-electron chi connectivity index (χ4n) is 1.48. The fraction of sp³-hybridized carbons (Fsp3) is 0.625. The van der Waals surface area contributed by atoms with Crippen molar-refractivity contribution < 1.29 is 19.5 Å². The number of thioether (sulfide) groups is 1. The molecule has 5 nitrogen and oxygen atoms in total. The summed E-state index contributed by atoms with van der Waals surface area (Å²) in [5.74, 6) is 0. The van der Waals surface area contributed by atoms with Crippen LogP contribution in [0.3, 0.4) is 0 Å². The first-order chi connectivity index (χ1) is 6.49. The SMILES string of the molecule is CC(=O)SC1(CC=O)CN(C(=O)O)C1. The van der Waals surface area contributed by atoms with E-state index in [1.165, 1.54) is 11.8 Å². The highest BCUT2D eigenvalue weighted by Gasteiger charge is 2.46. The minimum absolute atomic E-state index is 0.0862. The quantitative estimate of drug-likeness (QED) is 0.700. The molecule has 0 spiro atoms. The molecule has 0 saturated carbocycles. The molecule has 0 aromatic carbocycles. The molecule has 1 aliphatic heterocycles. The Morgan fingerprint density at radius 1 is 1.57 bits per heavy atom. The van der Waals surface area contributed by atoms with Crippen LogP contribution in [0.4, 0.5) is 4.79 Å². The third-order valence-corrected chi connectivity index (χ3v) is 3.19. The highest BCUT2D eigenvalue weighted by Crippen LogP contribution is 2.38.